The Balaban J connectivity index is 1.33. The molecule has 4 aromatic carbocycles. The fourth-order valence-corrected chi connectivity index (χ4v) is 9.04. The van der Waals surface area contributed by atoms with Gasteiger partial charge in [-0.25, -0.2) is 4.79 Å². The van der Waals surface area contributed by atoms with Crippen LogP contribution >= 0.6 is 19.1 Å². The number of hydrogen-bond donors (Lipinski definition) is 5. The summed E-state index contributed by atoms with van der Waals surface area (Å²) in [6.07, 6.45) is 1.41. The molecule has 0 aliphatic rings. The second kappa shape index (κ2) is 18.4. The van der Waals surface area contributed by atoms with E-state index in [-0.39, 0.29) is 25.2 Å². The summed E-state index contributed by atoms with van der Waals surface area (Å²) in [4.78, 5) is 54.5. The van der Waals surface area contributed by atoms with E-state index >= 15 is 0 Å². The normalized spacial score (nSPS) is 14.1. The number of thioether (sulfide) groups is 1. The van der Waals surface area contributed by atoms with E-state index < -0.39 is 49.2 Å². The first-order chi connectivity index (χ1) is 24.7. The third kappa shape index (κ3) is 11.3. The summed E-state index contributed by atoms with van der Waals surface area (Å²) < 4.78 is 19.7. The van der Waals surface area contributed by atoms with Crippen molar-refractivity contribution >= 4 is 47.9 Å². The number of carbonyl (C=O) groups excluding carboxylic acids is 3. The van der Waals surface area contributed by atoms with E-state index in [1.165, 1.54) is 11.8 Å². The van der Waals surface area contributed by atoms with Crippen molar-refractivity contribution in [3.05, 3.63) is 144 Å². The number of ether oxygens (including phenoxy) is 1. The monoisotopic (exact) mass is 726 g/mol. The second-order valence-electron chi connectivity index (χ2n) is 12.4. The Morgan fingerprint density at radius 2 is 1.41 bits per heavy atom. The molecule has 3 amide bonds. The van der Waals surface area contributed by atoms with E-state index in [0.717, 1.165) is 39.6 Å². The van der Waals surface area contributed by atoms with Crippen molar-refractivity contribution < 1.29 is 28.6 Å². The Hall–Kier alpha value is -4.83. The molecule has 5 rings (SSSR count). The van der Waals surface area contributed by atoms with E-state index in [9.17, 15) is 23.8 Å². The van der Waals surface area contributed by atoms with Crippen LogP contribution in [-0.4, -0.2) is 57.3 Å². The number of benzene rings is 4. The number of fused-ring (bicyclic) bond motifs is 1. The van der Waals surface area contributed by atoms with Gasteiger partial charge < -0.3 is 31.0 Å². The molecule has 0 aliphatic carbocycles. The van der Waals surface area contributed by atoms with Gasteiger partial charge in [0.1, 0.15) is 18.4 Å². The molecular weight excluding hydrogens is 683 g/mol. The van der Waals surface area contributed by atoms with Crippen molar-refractivity contribution in [1.29, 1.82) is 0 Å². The van der Waals surface area contributed by atoms with E-state index in [1.54, 1.807) is 30.5 Å². The second-order valence-corrected chi connectivity index (χ2v) is 16.0. The third-order valence-corrected chi connectivity index (χ3v) is 11.9. The number of H-pyrrole nitrogens is 1. The van der Waals surface area contributed by atoms with Gasteiger partial charge >= 0.3 is 6.09 Å². The van der Waals surface area contributed by atoms with Crippen LogP contribution in [0, 0.1) is 5.92 Å². The third-order valence-electron chi connectivity index (χ3n) is 8.56. The van der Waals surface area contributed by atoms with E-state index in [0.29, 0.717) is 5.75 Å². The highest BCUT2D eigenvalue weighted by Crippen LogP contribution is 2.48. The molecule has 1 heterocycles. The molecule has 10 nitrogen and oxygen atoms in total. The Morgan fingerprint density at radius 1 is 0.804 bits per heavy atom. The average molecular weight is 727 g/mol. The molecule has 1 aromatic heterocycles. The molecule has 0 spiro atoms. The van der Waals surface area contributed by atoms with Crippen molar-refractivity contribution in [3.8, 4) is 0 Å². The minimum atomic E-state index is -4.30. The number of para-hydroxylation sites is 1. The molecule has 6 N–H and O–H groups in total. The fourth-order valence-electron chi connectivity index (χ4n) is 5.78. The lowest BCUT2D eigenvalue weighted by Gasteiger charge is -2.28. The van der Waals surface area contributed by atoms with Crippen LogP contribution in [0.25, 0.3) is 10.9 Å². The number of carbonyl (C=O) groups is 3. The minimum absolute atomic E-state index is 0.0194. The summed E-state index contributed by atoms with van der Waals surface area (Å²) in [5.41, 5.74) is 10.1. The number of aromatic amines is 1. The van der Waals surface area contributed by atoms with Crippen LogP contribution in [0.15, 0.2) is 121 Å². The predicted molar refractivity (Wildman–Crippen MR) is 202 cm³/mol. The quantitative estimate of drug-likeness (QED) is 0.0543. The number of hydrogen-bond acceptors (Lipinski definition) is 6. The van der Waals surface area contributed by atoms with Crippen molar-refractivity contribution in [2.75, 3.05) is 17.7 Å². The molecular formula is C39H43N4O6PS. The van der Waals surface area contributed by atoms with Crippen LogP contribution in [0.3, 0.4) is 0 Å². The van der Waals surface area contributed by atoms with Crippen molar-refractivity contribution in [3.63, 3.8) is 0 Å². The minimum Gasteiger partial charge on any atom is -0.445 e. The molecule has 0 bridgehead atoms. The zero-order valence-electron chi connectivity index (χ0n) is 28.2. The molecule has 266 valence electrons. The van der Waals surface area contributed by atoms with Crippen LogP contribution in [-0.2, 0) is 44.8 Å². The summed E-state index contributed by atoms with van der Waals surface area (Å²) in [6, 6.07) is 34.6. The largest absolute Gasteiger partial charge is 0.445 e. The van der Waals surface area contributed by atoms with Crippen LogP contribution in [0.2, 0.25) is 0 Å². The Labute approximate surface area is 302 Å². The number of aryl methyl sites for hydroxylation is 1. The topological polar surface area (TPSA) is 164 Å². The Kier molecular flexibility index (Phi) is 13.5. The summed E-state index contributed by atoms with van der Waals surface area (Å²) in [6.45, 7) is -0.0194. The van der Waals surface area contributed by atoms with Gasteiger partial charge in [0.15, 0.2) is 0 Å². The highest BCUT2D eigenvalue weighted by atomic mass is 32.2. The SMILES string of the molecule is NC(=O)[C@H](Cc1c[nH]c2ccccc12)NC(=O)C(CSCCc1ccccc1)CP(=O)(O)[C@H](Cc1ccccc1)NC(=O)OCc1ccccc1. The molecule has 0 aliphatic heterocycles. The molecule has 5 aromatic rings. The van der Waals surface area contributed by atoms with Crippen LogP contribution in [0.5, 0.6) is 0 Å². The van der Waals surface area contributed by atoms with Gasteiger partial charge in [-0.2, -0.15) is 11.8 Å². The van der Waals surface area contributed by atoms with Crippen molar-refractivity contribution in [1.82, 2.24) is 15.6 Å². The van der Waals surface area contributed by atoms with Crippen molar-refractivity contribution in [2.24, 2.45) is 11.7 Å². The van der Waals surface area contributed by atoms with Crippen LogP contribution in [0.4, 0.5) is 4.79 Å². The summed E-state index contributed by atoms with van der Waals surface area (Å²) >= 11 is 1.48. The van der Waals surface area contributed by atoms with E-state index in [2.05, 4.69) is 15.6 Å². The maximum absolute atomic E-state index is 14.3. The van der Waals surface area contributed by atoms with Gasteiger partial charge in [0.25, 0.3) is 0 Å². The first-order valence-corrected chi connectivity index (χ1v) is 19.8. The number of aromatic nitrogens is 1. The number of primary amides is 1. The number of amides is 3. The summed E-state index contributed by atoms with van der Waals surface area (Å²) in [5.74, 6) is -2.64. The lowest BCUT2D eigenvalue weighted by atomic mass is 10.0. The molecule has 0 saturated carbocycles. The van der Waals surface area contributed by atoms with Gasteiger partial charge in [-0.05, 0) is 40.5 Å². The fraction of sp³-hybridized carbons (Fsp3) is 0.256. The van der Waals surface area contributed by atoms with E-state index in [1.807, 2.05) is 91.0 Å². The van der Waals surface area contributed by atoms with Gasteiger partial charge in [0.2, 0.25) is 19.2 Å². The zero-order chi connectivity index (χ0) is 36.1. The molecule has 12 heteroatoms. The standard InChI is InChI=1S/C39H43N4O6PS/c40-37(44)35(23-31-24-41-34-19-11-10-18-33(31)34)42-38(45)32(27-51-21-20-28-12-4-1-5-13-28)26-50(47,48)36(22-29-14-6-2-7-15-29)43-39(46)49-25-30-16-8-3-9-17-30/h1-19,24,32,35-36,41H,20-23,25-27H2,(H2,40,44)(H,42,45)(H,43,46)(H,47,48)/t32?,35-,36+/m0/s1. The maximum Gasteiger partial charge on any atom is 0.408 e. The molecule has 4 atom stereocenters. The maximum atomic E-state index is 14.3. The van der Waals surface area contributed by atoms with Crippen LogP contribution < -0.4 is 16.4 Å². The lowest BCUT2D eigenvalue weighted by Crippen LogP contribution is -2.49. The number of rotatable bonds is 18. The van der Waals surface area contributed by atoms with Gasteiger partial charge in [0, 0.05) is 41.9 Å². The number of nitrogens with two attached hydrogens (primary N) is 1. The molecule has 0 fully saturated rings. The van der Waals surface area contributed by atoms with Crippen LogP contribution in [0.1, 0.15) is 22.3 Å². The summed E-state index contributed by atoms with van der Waals surface area (Å²) in [5, 5.41) is 6.31. The van der Waals surface area contributed by atoms with E-state index in [4.69, 9.17) is 10.5 Å². The molecule has 0 radical (unpaired) electrons. The van der Waals surface area contributed by atoms with Gasteiger partial charge in [-0.1, -0.05) is 109 Å². The first kappa shape index (κ1) is 37.4. The highest BCUT2D eigenvalue weighted by molar-refractivity contribution is 7.99. The molecule has 51 heavy (non-hydrogen) atoms. The lowest BCUT2D eigenvalue weighted by molar-refractivity contribution is -0.129. The Bertz CT molecular complexity index is 1930. The predicted octanol–water partition coefficient (Wildman–Crippen LogP) is 6.04. The first-order valence-electron chi connectivity index (χ1n) is 16.8. The highest BCUT2D eigenvalue weighted by Gasteiger charge is 2.38. The van der Waals surface area contributed by atoms with Gasteiger partial charge in [0.05, 0.1) is 5.92 Å². The number of nitrogens with one attached hydrogen (secondary N) is 3. The molecule has 2 unspecified atom stereocenters. The average Bonchev–Trinajstić information content (AvgIpc) is 3.55. The van der Waals surface area contributed by atoms with Crippen molar-refractivity contribution in [2.45, 2.75) is 37.7 Å². The smallest absolute Gasteiger partial charge is 0.408 e. The van der Waals surface area contributed by atoms with Gasteiger partial charge in [-0.3, -0.25) is 14.2 Å². The molecule has 0 saturated heterocycles. The summed E-state index contributed by atoms with van der Waals surface area (Å²) in [7, 11) is -4.30. The van der Waals surface area contributed by atoms with Gasteiger partial charge in [-0.15, -0.1) is 0 Å². The Morgan fingerprint density at radius 3 is 2.08 bits per heavy atom. The number of alkyl carbamates (subject to hydrolysis) is 1. The zero-order valence-corrected chi connectivity index (χ0v) is 29.9.